The molecule has 1 N–H and O–H groups in total. The third-order valence-corrected chi connectivity index (χ3v) is 10.1. The predicted octanol–water partition coefficient (Wildman–Crippen LogP) is 3.97. The lowest BCUT2D eigenvalue weighted by molar-refractivity contribution is -0.123. The monoisotopic (exact) mass is 341 g/mol. The van der Waals surface area contributed by atoms with Crippen LogP contribution in [0, 0.1) is 5.41 Å². The smallest absolute Gasteiger partial charge is 0.298 e. The van der Waals surface area contributed by atoms with Crippen molar-refractivity contribution in [3.63, 3.8) is 0 Å². The average molecular weight is 342 g/mol. The number of carbonyl (C=O) groups is 1. The van der Waals surface area contributed by atoms with Gasteiger partial charge in [-0.25, -0.2) is 0 Å². The van der Waals surface area contributed by atoms with E-state index in [1.165, 1.54) is 0 Å². The van der Waals surface area contributed by atoms with Crippen LogP contribution >= 0.6 is 10.3 Å². The number of hydrogen-bond donors (Lipinski definition) is 0. The van der Waals surface area contributed by atoms with Gasteiger partial charge in [-0.1, -0.05) is 34.1 Å². The molecule has 4 nitrogen and oxygen atoms in total. The van der Waals surface area contributed by atoms with Crippen LogP contribution in [0.25, 0.3) is 0 Å². The molecule has 0 saturated carbocycles. The second-order valence-electron chi connectivity index (χ2n) is 7.68. The third-order valence-electron chi connectivity index (χ3n) is 3.60. The van der Waals surface area contributed by atoms with Crippen molar-refractivity contribution in [3.8, 4) is 0 Å². The summed E-state index contributed by atoms with van der Waals surface area (Å²) in [5.41, 5.74) is -0.470. The number of carbonyl (C=O) groups excluding carboxylic acids is 1. The van der Waals surface area contributed by atoms with Crippen molar-refractivity contribution in [2.45, 2.75) is 66.1 Å². The first-order chi connectivity index (χ1) is 9.15. The summed E-state index contributed by atoms with van der Waals surface area (Å²) < 4.78 is 28.4. The fourth-order valence-corrected chi connectivity index (χ4v) is 6.88. The average Bonchev–Trinajstić information content (AvgIpc) is 2.22. The largest absolute Gasteiger partial charge is 0.390 e. The molecule has 0 aliphatic rings. The maximum absolute atomic E-state index is 12.4. The second-order valence-corrected chi connectivity index (χ2v) is 13.4. The molecule has 0 rings (SSSR count). The molecule has 0 spiro atoms. The van der Waals surface area contributed by atoms with Gasteiger partial charge in [0.25, 0.3) is 0 Å². The van der Waals surface area contributed by atoms with Gasteiger partial charge < -0.3 is 0 Å². The van der Waals surface area contributed by atoms with E-state index in [9.17, 15) is 13.2 Å². The van der Waals surface area contributed by atoms with Crippen molar-refractivity contribution in [1.29, 1.82) is 0 Å². The molecule has 0 bridgehead atoms. The van der Waals surface area contributed by atoms with Crippen LogP contribution in [0.5, 0.6) is 0 Å². The van der Waals surface area contributed by atoms with Crippen LogP contribution in [0.4, 0.5) is 0 Å². The van der Waals surface area contributed by atoms with Crippen LogP contribution in [0.15, 0.2) is 0 Å². The molecule has 0 aliphatic heterocycles. The Balaban J connectivity index is 5.35. The first kappa shape index (κ1) is 20.9. The summed E-state index contributed by atoms with van der Waals surface area (Å²) in [4.78, 5) is 12.4. The van der Waals surface area contributed by atoms with Crippen molar-refractivity contribution in [1.82, 2.24) is 0 Å². The SMILES string of the molecule is CCCCS(=O)(=O)[OH+]S(C)(CC(=O)C(C)(C)C)C(C)(C)C. The van der Waals surface area contributed by atoms with E-state index in [1.54, 1.807) is 0 Å². The summed E-state index contributed by atoms with van der Waals surface area (Å²) in [5, 5.41) is 0. The Morgan fingerprint density at radius 3 is 1.86 bits per heavy atom. The zero-order chi connectivity index (χ0) is 17.1. The van der Waals surface area contributed by atoms with E-state index in [2.05, 4.69) is 3.63 Å². The van der Waals surface area contributed by atoms with Gasteiger partial charge in [-0.15, -0.1) is 0 Å². The molecule has 128 valence electrons. The Morgan fingerprint density at radius 2 is 1.52 bits per heavy atom. The van der Waals surface area contributed by atoms with Crippen LogP contribution in [0.1, 0.15) is 61.3 Å². The minimum Gasteiger partial charge on any atom is -0.298 e. The Bertz CT molecular complexity index is 455. The van der Waals surface area contributed by atoms with Crippen molar-refractivity contribution in [2.75, 3.05) is 17.8 Å². The third kappa shape index (κ3) is 6.70. The highest BCUT2D eigenvalue weighted by Crippen LogP contribution is 2.56. The van der Waals surface area contributed by atoms with Gasteiger partial charge in [-0.05, 0) is 37.5 Å². The van der Waals surface area contributed by atoms with Crippen molar-refractivity contribution in [2.24, 2.45) is 5.41 Å². The molecule has 1 unspecified atom stereocenters. The van der Waals surface area contributed by atoms with Gasteiger partial charge in [-0.3, -0.25) is 8.42 Å². The number of hydrogen-bond acceptors (Lipinski definition) is 3. The summed E-state index contributed by atoms with van der Waals surface area (Å²) >= 11 is 0. The summed E-state index contributed by atoms with van der Waals surface area (Å²) in [7, 11) is -5.40. The van der Waals surface area contributed by atoms with Crippen molar-refractivity contribution >= 4 is 26.2 Å². The molecule has 0 fully saturated rings. The van der Waals surface area contributed by atoms with Gasteiger partial charge in [0, 0.05) is 11.7 Å². The summed E-state index contributed by atoms with van der Waals surface area (Å²) in [6.45, 7) is 13.5. The number of rotatable bonds is 7. The second kappa shape index (κ2) is 7.01. The van der Waals surface area contributed by atoms with E-state index < -0.39 is 25.8 Å². The van der Waals surface area contributed by atoms with Gasteiger partial charge >= 0.3 is 10.1 Å². The highest BCUT2D eigenvalue weighted by atomic mass is 32.3. The molecule has 0 aromatic heterocycles. The zero-order valence-electron chi connectivity index (χ0n) is 14.8. The van der Waals surface area contributed by atoms with E-state index in [0.717, 1.165) is 6.42 Å². The summed E-state index contributed by atoms with van der Waals surface area (Å²) in [6.07, 6.45) is 3.29. The van der Waals surface area contributed by atoms with E-state index in [0.29, 0.717) is 6.42 Å². The fraction of sp³-hybridized carbons (Fsp3) is 0.933. The van der Waals surface area contributed by atoms with Gasteiger partial charge in [0.2, 0.25) is 0 Å². The van der Waals surface area contributed by atoms with Gasteiger partial charge in [0.1, 0.15) is 5.75 Å². The molecule has 0 heterocycles. The minimum atomic E-state index is -3.47. The number of Topliss-reactive ketones (excluding diaryl/α,β-unsaturated/α-hetero) is 1. The van der Waals surface area contributed by atoms with Crippen LogP contribution in [-0.2, 0) is 14.9 Å². The lowest BCUT2D eigenvalue weighted by Crippen LogP contribution is -2.38. The maximum atomic E-state index is 12.4. The molecule has 0 radical (unpaired) electrons. The normalized spacial score (nSPS) is 18.1. The van der Waals surface area contributed by atoms with Crippen LogP contribution in [-0.4, -0.2) is 40.3 Å². The standard InChI is InChI=1S/C15H32O4S2/c1-9-10-11-21(17,18)19-20(8,15(5,6)7)12-13(16)14(2,3)4/h9-12H2,1-8H3/p+1. The van der Waals surface area contributed by atoms with E-state index in [-0.39, 0.29) is 22.0 Å². The quantitative estimate of drug-likeness (QED) is 0.520. The van der Waals surface area contributed by atoms with E-state index in [4.69, 9.17) is 0 Å². The first-order valence-electron chi connectivity index (χ1n) is 7.40. The van der Waals surface area contributed by atoms with Gasteiger partial charge in [0.15, 0.2) is 5.78 Å². The fourth-order valence-electron chi connectivity index (χ4n) is 1.44. The molecular weight excluding hydrogens is 308 g/mol. The molecule has 0 aromatic rings. The summed E-state index contributed by atoms with van der Waals surface area (Å²) in [5.74, 6) is 0.376. The Labute approximate surface area is 132 Å². The topological polar surface area (TPSA) is 64.0 Å². The van der Waals surface area contributed by atoms with Gasteiger partial charge in [0.05, 0.1) is 10.5 Å². The lowest BCUT2D eigenvalue weighted by atomic mass is 9.92. The van der Waals surface area contributed by atoms with Crippen molar-refractivity contribution in [3.05, 3.63) is 0 Å². The first-order valence-corrected chi connectivity index (χ1v) is 11.2. The van der Waals surface area contributed by atoms with E-state index in [1.807, 2.05) is 54.7 Å². The molecule has 0 aromatic carbocycles. The van der Waals surface area contributed by atoms with Crippen LogP contribution < -0.4 is 0 Å². The Kier molecular flexibility index (Phi) is 6.98. The Hall–Kier alpha value is -0.0700. The Morgan fingerprint density at radius 1 is 1.05 bits per heavy atom. The maximum Gasteiger partial charge on any atom is 0.390 e. The molecule has 1 atom stereocenters. The molecule has 21 heavy (non-hydrogen) atoms. The van der Waals surface area contributed by atoms with Crippen LogP contribution in [0.3, 0.4) is 0 Å². The molecule has 0 amide bonds. The molecular formula is C15H33O4S2+. The molecule has 0 aliphatic carbocycles. The molecule has 0 saturated heterocycles. The number of unbranched alkanes of at least 4 members (excludes halogenated alkanes) is 1. The summed E-state index contributed by atoms with van der Waals surface area (Å²) in [6, 6.07) is 0. The minimum absolute atomic E-state index is 0.0735. The lowest BCUT2D eigenvalue weighted by Gasteiger charge is -2.41. The van der Waals surface area contributed by atoms with Crippen molar-refractivity contribution < 1.29 is 16.8 Å². The highest BCUT2D eigenvalue weighted by Gasteiger charge is 2.45. The van der Waals surface area contributed by atoms with Gasteiger partial charge in [-0.2, -0.15) is 8.42 Å². The zero-order valence-corrected chi connectivity index (χ0v) is 16.4. The highest BCUT2D eigenvalue weighted by molar-refractivity contribution is 8.33. The molecule has 6 heteroatoms. The number of ketones is 1. The predicted molar refractivity (Wildman–Crippen MR) is 93.9 cm³/mol. The van der Waals surface area contributed by atoms with Crippen LogP contribution in [0.2, 0.25) is 0 Å². The van der Waals surface area contributed by atoms with E-state index >= 15 is 0 Å².